The molecular formula is C26H27F2N5O5S. The van der Waals surface area contributed by atoms with Crippen LogP contribution in [0.25, 0.3) is 17.1 Å². The molecule has 0 aliphatic heterocycles. The van der Waals surface area contributed by atoms with Crippen LogP contribution in [-0.2, 0) is 20.3 Å². The zero-order valence-corrected chi connectivity index (χ0v) is 22.7. The molecule has 0 radical (unpaired) electrons. The number of hydrogen-bond acceptors (Lipinski definition) is 9. The Bertz CT molecular complexity index is 1560. The van der Waals surface area contributed by atoms with E-state index in [2.05, 4.69) is 20.2 Å². The summed E-state index contributed by atoms with van der Waals surface area (Å²) in [7, 11) is 0.265. The number of hydrogen-bond donors (Lipinski definition) is 0. The Morgan fingerprint density at radius 3 is 2.15 bits per heavy atom. The van der Waals surface area contributed by atoms with Crippen LogP contribution in [0.15, 0.2) is 48.8 Å². The van der Waals surface area contributed by atoms with Crippen molar-refractivity contribution >= 4 is 9.84 Å². The summed E-state index contributed by atoms with van der Waals surface area (Å²) < 4.78 is 73.2. The van der Waals surface area contributed by atoms with Crippen LogP contribution in [-0.4, -0.2) is 59.7 Å². The maximum Gasteiger partial charge on any atom is 0.168 e. The zero-order valence-electron chi connectivity index (χ0n) is 21.9. The highest BCUT2D eigenvalue weighted by atomic mass is 32.2. The van der Waals surface area contributed by atoms with Crippen molar-refractivity contribution in [3.05, 3.63) is 77.6 Å². The topological polar surface area (TPSA) is 118 Å². The average Bonchev–Trinajstić information content (AvgIpc) is 3.33. The van der Waals surface area contributed by atoms with E-state index in [9.17, 15) is 17.2 Å². The molecule has 0 fully saturated rings. The third-order valence-electron chi connectivity index (χ3n) is 6.17. The predicted octanol–water partition coefficient (Wildman–Crippen LogP) is 4.02. The van der Waals surface area contributed by atoms with E-state index in [1.165, 1.54) is 38.9 Å². The molecule has 0 saturated heterocycles. The summed E-state index contributed by atoms with van der Waals surface area (Å²) in [6.07, 6.45) is 2.19. The molecule has 0 spiro atoms. The summed E-state index contributed by atoms with van der Waals surface area (Å²) in [5.74, 6) is -1.84. The Labute approximate surface area is 224 Å². The van der Waals surface area contributed by atoms with Gasteiger partial charge in [0.15, 0.2) is 38.9 Å². The number of methoxy groups -OCH3 is 3. The van der Waals surface area contributed by atoms with E-state index in [1.54, 1.807) is 30.6 Å². The van der Waals surface area contributed by atoms with E-state index in [1.807, 2.05) is 6.92 Å². The molecule has 0 unspecified atom stereocenters. The highest BCUT2D eigenvalue weighted by Gasteiger charge is 2.35. The maximum absolute atomic E-state index is 14.2. The van der Waals surface area contributed by atoms with Crippen LogP contribution in [0, 0.1) is 18.6 Å². The number of halogens is 2. The third-order valence-corrected chi connectivity index (χ3v) is 8.21. The van der Waals surface area contributed by atoms with Crippen molar-refractivity contribution in [2.24, 2.45) is 0 Å². The molecule has 0 aliphatic rings. The van der Waals surface area contributed by atoms with Crippen LogP contribution >= 0.6 is 0 Å². The second kappa shape index (κ2) is 11.4. The SMILES string of the molecule is COc1cccc(OC)c1-n1c(CS(=O)(=O)[C@@H](C)[C@H](OC)c2ncc(C)cn2)nnc1-c1ccc(F)c(F)c1. The Kier molecular flexibility index (Phi) is 8.21. The lowest BCUT2D eigenvalue weighted by atomic mass is 10.2. The van der Waals surface area contributed by atoms with Gasteiger partial charge >= 0.3 is 0 Å². The largest absolute Gasteiger partial charge is 0.494 e. The highest BCUT2D eigenvalue weighted by Crippen LogP contribution is 2.37. The summed E-state index contributed by atoms with van der Waals surface area (Å²) in [6.45, 7) is 3.31. The van der Waals surface area contributed by atoms with Gasteiger partial charge in [0, 0.05) is 25.1 Å². The molecule has 2 atom stereocenters. The van der Waals surface area contributed by atoms with Gasteiger partial charge in [-0.3, -0.25) is 4.57 Å². The number of nitrogens with zero attached hydrogens (tertiary/aromatic N) is 5. The molecule has 206 valence electrons. The van der Waals surface area contributed by atoms with Crippen molar-refractivity contribution in [3.63, 3.8) is 0 Å². The first-order valence-electron chi connectivity index (χ1n) is 11.7. The second-order valence-corrected chi connectivity index (χ2v) is 11.1. The molecule has 0 amide bonds. The molecular weight excluding hydrogens is 532 g/mol. The molecule has 0 N–H and O–H groups in total. The minimum Gasteiger partial charge on any atom is -0.494 e. The number of aromatic nitrogens is 5. The van der Waals surface area contributed by atoms with Gasteiger partial charge in [0.05, 0.1) is 19.5 Å². The summed E-state index contributed by atoms with van der Waals surface area (Å²) >= 11 is 0. The van der Waals surface area contributed by atoms with E-state index in [0.717, 1.165) is 17.7 Å². The van der Waals surface area contributed by atoms with Crippen molar-refractivity contribution in [2.45, 2.75) is 31.0 Å². The van der Waals surface area contributed by atoms with E-state index in [0.29, 0.717) is 11.5 Å². The van der Waals surface area contributed by atoms with Crippen LogP contribution in [0.2, 0.25) is 0 Å². The van der Waals surface area contributed by atoms with Crippen LogP contribution in [0.1, 0.15) is 30.2 Å². The number of sulfone groups is 1. The molecule has 2 heterocycles. The molecule has 0 saturated carbocycles. The minimum atomic E-state index is -3.98. The van der Waals surface area contributed by atoms with Crippen molar-refractivity contribution in [1.82, 2.24) is 24.7 Å². The molecule has 0 bridgehead atoms. The van der Waals surface area contributed by atoms with Crippen molar-refractivity contribution in [1.29, 1.82) is 0 Å². The number of rotatable bonds is 10. The fourth-order valence-electron chi connectivity index (χ4n) is 4.08. The van der Waals surface area contributed by atoms with E-state index >= 15 is 0 Å². The number of benzene rings is 2. The Hall–Kier alpha value is -3.97. The normalized spacial score (nSPS) is 13.2. The molecule has 10 nitrogen and oxygen atoms in total. The van der Waals surface area contributed by atoms with E-state index in [-0.39, 0.29) is 28.7 Å². The Balaban J connectivity index is 1.86. The maximum atomic E-state index is 14.2. The van der Waals surface area contributed by atoms with Crippen molar-refractivity contribution in [2.75, 3.05) is 21.3 Å². The lowest BCUT2D eigenvalue weighted by Gasteiger charge is -2.22. The summed E-state index contributed by atoms with van der Waals surface area (Å²) in [5.41, 5.74) is 1.26. The fourth-order valence-corrected chi connectivity index (χ4v) is 5.49. The first-order chi connectivity index (χ1) is 18.6. The van der Waals surface area contributed by atoms with Gasteiger partial charge in [-0.2, -0.15) is 0 Å². The zero-order chi connectivity index (χ0) is 28.3. The molecule has 39 heavy (non-hydrogen) atoms. The Morgan fingerprint density at radius 2 is 1.59 bits per heavy atom. The monoisotopic (exact) mass is 559 g/mol. The van der Waals surface area contributed by atoms with Gasteiger partial charge in [-0.05, 0) is 49.7 Å². The Morgan fingerprint density at radius 1 is 0.949 bits per heavy atom. The smallest absolute Gasteiger partial charge is 0.168 e. The molecule has 2 aromatic carbocycles. The van der Waals surface area contributed by atoms with Gasteiger partial charge in [0.2, 0.25) is 0 Å². The van der Waals surface area contributed by atoms with Gasteiger partial charge < -0.3 is 14.2 Å². The lowest BCUT2D eigenvalue weighted by molar-refractivity contribution is 0.0947. The predicted molar refractivity (Wildman–Crippen MR) is 138 cm³/mol. The van der Waals surface area contributed by atoms with Gasteiger partial charge in [-0.25, -0.2) is 27.2 Å². The van der Waals surface area contributed by atoms with E-state index in [4.69, 9.17) is 14.2 Å². The summed E-state index contributed by atoms with van der Waals surface area (Å²) in [5, 5.41) is 7.21. The van der Waals surface area contributed by atoms with Crippen LogP contribution in [0.5, 0.6) is 11.5 Å². The number of ether oxygens (including phenoxy) is 3. The highest BCUT2D eigenvalue weighted by molar-refractivity contribution is 7.91. The summed E-state index contributed by atoms with van der Waals surface area (Å²) in [6, 6.07) is 8.19. The van der Waals surface area contributed by atoms with Gasteiger partial charge in [-0.1, -0.05) is 6.07 Å². The molecule has 13 heteroatoms. The fraction of sp³-hybridized carbons (Fsp3) is 0.308. The van der Waals surface area contributed by atoms with Crippen molar-refractivity contribution < 1.29 is 31.4 Å². The average molecular weight is 560 g/mol. The van der Waals surface area contributed by atoms with Gasteiger partial charge in [-0.15, -0.1) is 10.2 Å². The third kappa shape index (κ3) is 5.59. The standard InChI is InChI=1S/C26H27F2N5O5S/c1-15-12-29-25(30-13-15)24(38-5)16(2)39(34,35)14-22-31-32-26(17-9-10-18(27)19(28)11-17)33(22)23-20(36-3)7-6-8-21(23)37-4/h6-13,16,24H,14H2,1-5H3/t16-,24-/m0/s1. The minimum absolute atomic E-state index is 0.0101. The second-order valence-electron chi connectivity index (χ2n) is 8.70. The molecule has 4 rings (SSSR count). The first kappa shape index (κ1) is 28.0. The number of para-hydroxylation sites is 1. The van der Waals surface area contributed by atoms with Gasteiger partial charge in [0.1, 0.15) is 29.0 Å². The molecule has 2 aromatic heterocycles. The van der Waals surface area contributed by atoms with Gasteiger partial charge in [0.25, 0.3) is 0 Å². The van der Waals surface area contributed by atoms with Crippen LogP contribution in [0.4, 0.5) is 8.78 Å². The number of aryl methyl sites for hydroxylation is 1. The lowest BCUT2D eigenvalue weighted by Crippen LogP contribution is -2.30. The van der Waals surface area contributed by atoms with Crippen LogP contribution in [0.3, 0.4) is 0 Å². The van der Waals surface area contributed by atoms with E-state index < -0.39 is 38.6 Å². The molecule has 4 aromatic rings. The summed E-state index contributed by atoms with van der Waals surface area (Å²) in [4.78, 5) is 8.46. The van der Waals surface area contributed by atoms with Crippen LogP contribution < -0.4 is 9.47 Å². The molecule has 0 aliphatic carbocycles. The van der Waals surface area contributed by atoms with Crippen molar-refractivity contribution in [3.8, 4) is 28.6 Å². The first-order valence-corrected chi connectivity index (χ1v) is 13.5. The quantitative estimate of drug-likeness (QED) is 0.284.